The van der Waals surface area contributed by atoms with Gasteiger partial charge in [0.15, 0.2) is 6.10 Å². The van der Waals surface area contributed by atoms with Crippen molar-refractivity contribution < 1.29 is 27.8 Å². The molecule has 0 bridgehead atoms. The van der Waals surface area contributed by atoms with E-state index in [-0.39, 0.29) is 6.10 Å². The lowest BCUT2D eigenvalue weighted by Gasteiger charge is -2.13. The van der Waals surface area contributed by atoms with Crippen molar-refractivity contribution in [2.24, 2.45) is 0 Å². The Morgan fingerprint density at radius 1 is 1.29 bits per heavy atom. The number of rotatable bonds is 5. The van der Waals surface area contributed by atoms with E-state index in [1.807, 2.05) is 0 Å². The van der Waals surface area contributed by atoms with Gasteiger partial charge in [-0.25, -0.2) is 4.79 Å². The predicted octanol–water partition coefficient (Wildman–Crippen LogP) is 2.43. The minimum Gasteiger partial charge on any atom is -0.479 e. The fraction of sp³-hybridized carbons (Fsp3) is 0.500. The van der Waals surface area contributed by atoms with E-state index in [1.165, 1.54) is 12.1 Å². The first-order chi connectivity index (χ1) is 9.86. The molecule has 2 atom stereocenters. The Morgan fingerprint density at radius 3 is 2.48 bits per heavy atom. The van der Waals surface area contributed by atoms with Crippen LogP contribution in [0.2, 0.25) is 0 Å². The molecule has 0 amide bonds. The van der Waals surface area contributed by atoms with Gasteiger partial charge < -0.3 is 15.2 Å². The molecule has 0 aromatic heterocycles. The van der Waals surface area contributed by atoms with Crippen LogP contribution >= 0.6 is 0 Å². The van der Waals surface area contributed by atoms with Gasteiger partial charge in [0.25, 0.3) is 0 Å². The van der Waals surface area contributed by atoms with Crippen molar-refractivity contribution in [2.45, 2.75) is 37.8 Å². The number of halogens is 3. The van der Waals surface area contributed by atoms with Gasteiger partial charge in [0.2, 0.25) is 0 Å². The van der Waals surface area contributed by atoms with Crippen LogP contribution in [0.15, 0.2) is 24.3 Å². The molecule has 1 heterocycles. The van der Waals surface area contributed by atoms with Crippen molar-refractivity contribution in [1.29, 1.82) is 0 Å². The fourth-order valence-electron chi connectivity index (χ4n) is 2.23. The number of carboxylic acid groups (broad SMARTS) is 1. The summed E-state index contributed by atoms with van der Waals surface area (Å²) in [5.74, 6) is -0.958. The Hall–Kier alpha value is -1.60. The molecule has 1 aliphatic heterocycles. The summed E-state index contributed by atoms with van der Waals surface area (Å²) in [7, 11) is 0. The fourth-order valence-corrected chi connectivity index (χ4v) is 2.23. The molecule has 7 heteroatoms. The molecule has 1 aromatic rings. The number of alkyl halides is 3. The number of nitrogens with one attached hydrogen (secondary N) is 1. The molecule has 1 aliphatic rings. The monoisotopic (exact) mass is 303 g/mol. The van der Waals surface area contributed by atoms with E-state index < -0.39 is 23.8 Å². The van der Waals surface area contributed by atoms with Gasteiger partial charge in [-0.2, -0.15) is 13.2 Å². The zero-order valence-electron chi connectivity index (χ0n) is 11.2. The van der Waals surface area contributed by atoms with Crippen LogP contribution in [0.5, 0.6) is 0 Å². The second-order valence-electron chi connectivity index (χ2n) is 4.99. The molecule has 0 spiro atoms. The summed E-state index contributed by atoms with van der Waals surface area (Å²) in [4.78, 5) is 10.7. The third-order valence-corrected chi connectivity index (χ3v) is 3.37. The zero-order chi connectivity index (χ0) is 15.5. The number of hydrogen-bond acceptors (Lipinski definition) is 3. The lowest BCUT2D eigenvalue weighted by molar-refractivity contribution is -0.149. The highest BCUT2D eigenvalue weighted by Crippen LogP contribution is 2.29. The van der Waals surface area contributed by atoms with E-state index >= 15 is 0 Å². The highest BCUT2D eigenvalue weighted by molar-refractivity contribution is 5.72. The molecule has 0 aliphatic carbocycles. The summed E-state index contributed by atoms with van der Waals surface area (Å²) in [6.45, 7) is 0.889. The van der Waals surface area contributed by atoms with Crippen LogP contribution < -0.4 is 5.32 Å². The van der Waals surface area contributed by atoms with Crippen LogP contribution in [0.1, 0.15) is 24.0 Å². The summed E-state index contributed by atoms with van der Waals surface area (Å²) >= 11 is 0. The summed E-state index contributed by atoms with van der Waals surface area (Å²) in [6, 6.07) is 4.93. The van der Waals surface area contributed by atoms with Crippen molar-refractivity contribution in [3.63, 3.8) is 0 Å². The average Bonchev–Trinajstić information content (AvgIpc) is 2.87. The minimum absolute atomic E-state index is 0.166. The maximum atomic E-state index is 12.4. The molecule has 2 unspecified atom stereocenters. The molecular weight excluding hydrogens is 287 g/mol. The van der Waals surface area contributed by atoms with E-state index in [4.69, 9.17) is 9.84 Å². The second-order valence-corrected chi connectivity index (χ2v) is 4.99. The quantitative estimate of drug-likeness (QED) is 0.877. The lowest BCUT2D eigenvalue weighted by atomic mass is 10.1. The molecule has 2 N–H and O–H groups in total. The molecule has 1 aromatic carbocycles. The highest BCUT2D eigenvalue weighted by atomic mass is 19.4. The van der Waals surface area contributed by atoms with Gasteiger partial charge in [-0.15, -0.1) is 0 Å². The number of carboxylic acids is 1. The third-order valence-electron chi connectivity index (χ3n) is 3.37. The molecule has 1 saturated heterocycles. The Balaban J connectivity index is 1.75. The SMILES string of the molecule is O=C(O)C1CCC(CNCc2ccc(C(F)(F)F)cc2)O1. The van der Waals surface area contributed by atoms with E-state index in [1.54, 1.807) is 0 Å². The van der Waals surface area contributed by atoms with Crippen LogP contribution in [0.3, 0.4) is 0 Å². The molecular formula is C14H16F3NO3. The van der Waals surface area contributed by atoms with Crippen LogP contribution in [-0.4, -0.2) is 29.8 Å². The number of benzene rings is 1. The van der Waals surface area contributed by atoms with Crippen LogP contribution in [0.25, 0.3) is 0 Å². The maximum Gasteiger partial charge on any atom is 0.416 e. The highest BCUT2D eigenvalue weighted by Gasteiger charge is 2.30. The summed E-state index contributed by atoms with van der Waals surface area (Å²) in [6.07, 6.45) is -4.09. The van der Waals surface area contributed by atoms with Crippen LogP contribution in [0, 0.1) is 0 Å². The summed E-state index contributed by atoms with van der Waals surface area (Å²) in [5, 5.41) is 11.9. The van der Waals surface area contributed by atoms with Crippen LogP contribution in [0.4, 0.5) is 13.2 Å². The van der Waals surface area contributed by atoms with Gasteiger partial charge in [-0.1, -0.05) is 12.1 Å². The van der Waals surface area contributed by atoms with Crippen molar-refractivity contribution in [3.8, 4) is 0 Å². The van der Waals surface area contributed by atoms with E-state index in [9.17, 15) is 18.0 Å². The first kappa shape index (κ1) is 15.8. The molecule has 0 radical (unpaired) electrons. The lowest BCUT2D eigenvalue weighted by Crippen LogP contribution is -2.28. The Kier molecular flexibility index (Phi) is 4.84. The third kappa shape index (κ3) is 4.44. The van der Waals surface area contributed by atoms with Gasteiger partial charge in [-0.3, -0.25) is 0 Å². The molecule has 116 valence electrons. The first-order valence-electron chi connectivity index (χ1n) is 6.61. The molecule has 1 fully saturated rings. The number of ether oxygens (including phenoxy) is 1. The molecule has 4 nitrogen and oxygen atoms in total. The number of carbonyl (C=O) groups is 1. The van der Waals surface area contributed by atoms with E-state index in [2.05, 4.69) is 5.32 Å². The normalized spacial score (nSPS) is 22.4. The Labute approximate surface area is 119 Å². The summed E-state index contributed by atoms with van der Waals surface area (Å²) in [5.41, 5.74) is 0.0606. The molecule has 21 heavy (non-hydrogen) atoms. The Bertz CT molecular complexity index is 487. The standard InChI is InChI=1S/C14H16F3NO3/c15-14(16,17)10-3-1-9(2-4-10)7-18-8-11-5-6-12(21-11)13(19)20/h1-4,11-12,18H,5-8H2,(H,19,20). The van der Waals surface area contributed by atoms with E-state index in [0.29, 0.717) is 25.9 Å². The van der Waals surface area contributed by atoms with Gasteiger partial charge in [0.1, 0.15) is 0 Å². The summed E-state index contributed by atoms with van der Waals surface area (Å²) < 4.78 is 42.5. The second kappa shape index (κ2) is 6.44. The van der Waals surface area contributed by atoms with Crippen molar-refractivity contribution in [3.05, 3.63) is 35.4 Å². The van der Waals surface area contributed by atoms with Gasteiger partial charge in [0.05, 0.1) is 11.7 Å². The Morgan fingerprint density at radius 2 is 1.95 bits per heavy atom. The zero-order valence-corrected chi connectivity index (χ0v) is 11.2. The van der Waals surface area contributed by atoms with Crippen molar-refractivity contribution in [1.82, 2.24) is 5.32 Å². The topological polar surface area (TPSA) is 58.6 Å². The van der Waals surface area contributed by atoms with Crippen molar-refractivity contribution >= 4 is 5.97 Å². The van der Waals surface area contributed by atoms with Crippen LogP contribution in [-0.2, 0) is 22.3 Å². The smallest absolute Gasteiger partial charge is 0.416 e. The molecule has 0 saturated carbocycles. The van der Waals surface area contributed by atoms with Gasteiger partial charge in [-0.05, 0) is 30.5 Å². The number of aliphatic carboxylic acids is 1. The average molecular weight is 303 g/mol. The largest absolute Gasteiger partial charge is 0.479 e. The van der Waals surface area contributed by atoms with Crippen molar-refractivity contribution in [2.75, 3.05) is 6.54 Å². The van der Waals surface area contributed by atoms with E-state index in [0.717, 1.165) is 17.7 Å². The first-order valence-corrected chi connectivity index (χ1v) is 6.61. The van der Waals surface area contributed by atoms with Gasteiger partial charge in [0, 0.05) is 13.1 Å². The maximum absolute atomic E-state index is 12.4. The molecule has 2 rings (SSSR count). The predicted molar refractivity (Wildman–Crippen MR) is 68.7 cm³/mol. The minimum atomic E-state index is -4.32. The van der Waals surface area contributed by atoms with Gasteiger partial charge >= 0.3 is 12.1 Å². The number of hydrogen-bond donors (Lipinski definition) is 2.